The summed E-state index contributed by atoms with van der Waals surface area (Å²) in [6.07, 6.45) is 0. The quantitative estimate of drug-likeness (QED) is 0.795. The molecule has 0 saturated carbocycles. The summed E-state index contributed by atoms with van der Waals surface area (Å²) in [4.78, 5) is 14.0. The lowest BCUT2D eigenvalue weighted by Crippen LogP contribution is -2.41. The average Bonchev–Trinajstić information content (AvgIpc) is 3.07. The van der Waals surface area contributed by atoms with Crippen LogP contribution in [0.3, 0.4) is 0 Å². The van der Waals surface area contributed by atoms with Gasteiger partial charge in [-0.15, -0.1) is 4.83 Å². The van der Waals surface area contributed by atoms with E-state index < -0.39 is 15.9 Å². The van der Waals surface area contributed by atoms with E-state index in [0.717, 1.165) is 0 Å². The zero-order valence-corrected chi connectivity index (χ0v) is 13.0. The molecule has 0 aromatic heterocycles. The zero-order chi connectivity index (χ0) is 17.2. The largest absolute Gasteiger partial charge is 0.454 e. The minimum absolute atomic E-state index is 0.0751. The van der Waals surface area contributed by atoms with Crippen LogP contribution < -0.4 is 19.7 Å². The van der Waals surface area contributed by atoms with Gasteiger partial charge in [0, 0.05) is 5.56 Å². The van der Waals surface area contributed by atoms with E-state index in [9.17, 15) is 13.2 Å². The molecule has 122 valence electrons. The van der Waals surface area contributed by atoms with Gasteiger partial charge in [0.15, 0.2) is 11.5 Å². The molecule has 2 aromatic rings. The maximum atomic E-state index is 12.1. The lowest BCUT2D eigenvalue weighted by molar-refractivity contribution is 0.0944. The molecule has 2 N–H and O–H groups in total. The number of hydrogen-bond donors (Lipinski definition) is 2. The molecule has 0 atom stereocenters. The van der Waals surface area contributed by atoms with Crippen LogP contribution in [0.5, 0.6) is 11.5 Å². The van der Waals surface area contributed by atoms with E-state index in [1.807, 2.05) is 10.9 Å². The Hall–Kier alpha value is -3.09. The summed E-state index contributed by atoms with van der Waals surface area (Å²) in [5, 5.41) is 8.71. The van der Waals surface area contributed by atoms with E-state index in [2.05, 4.69) is 5.43 Å². The Morgan fingerprint density at radius 3 is 2.50 bits per heavy atom. The fourth-order valence-electron chi connectivity index (χ4n) is 1.99. The van der Waals surface area contributed by atoms with E-state index in [1.165, 1.54) is 36.4 Å². The van der Waals surface area contributed by atoms with E-state index in [0.29, 0.717) is 17.1 Å². The highest BCUT2D eigenvalue weighted by atomic mass is 32.2. The molecule has 24 heavy (non-hydrogen) atoms. The number of carbonyl (C=O) groups is 1. The van der Waals surface area contributed by atoms with Crippen molar-refractivity contribution in [3.63, 3.8) is 0 Å². The number of ether oxygens (including phenoxy) is 2. The highest BCUT2D eigenvalue weighted by Crippen LogP contribution is 2.32. The smallest absolute Gasteiger partial charge is 0.266 e. The first-order valence-electron chi connectivity index (χ1n) is 6.71. The van der Waals surface area contributed by atoms with Crippen LogP contribution in [0.2, 0.25) is 0 Å². The van der Waals surface area contributed by atoms with Crippen LogP contribution in [0.1, 0.15) is 15.9 Å². The van der Waals surface area contributed by atoms with Crippen molar-refractivity contribution in [2.45, 2.75) is 4.90 Å². The molecular weight excluding hydrogens is 334 g/mol. The number of amides is 1. The van der Waals surface area contributed by atoms with Crippen molar-refractivity contribution in [3.8, 4) is 17.6 Å². The van der Waals surface area contributed by atoms with Crippen molar-refractivity contribution in [3.05, 3.63) is 53.6 Å². The third-order valence-corrected chi connectivity index (χ3v) is 4.49. The molecule has 1 aliphatic heterocycles. The number of benzene rings is 2. The van der Waals surface area contributed by atoms with Gasteiger partial charge in [0.2, 0.25) is 6.79 Å². The molecular formula is C15H11N3O5S. The fourth-order valence-corrected chi connectivity index (χ4v) is 2.83. The van der Waals surface area contributed by atoms with Crippen LogP contribution in [0.25, 0.3) is 0 Å². The average molecular weight is 345 g/mol. The Bertz CT molecular complexity index is 933. The molecule has 1 amide bonds. The fraction of sp³-hybridized carbons (Fsp3) is 0.0667. The lowest BCUT2D eigenvalue weighted by atomic mass is 10.2. The molecule has 0 aliphatic carbocycles. The van der Waals surface area contributed by atoms with Crippen molar-refractivity contribution < 1.29 is 22.7 Å². The summed E-state index contributed by atoms with van der Waals surface area (Å²) in [5.74, 6) is 0.285. The van der Waals surface area contributed by atoms with Gasteiger partial charge in [0.1, 0.15) is 0 Å². The minimum Gasteiger partial charge on any atom is -0.454 e. The van der Waals surface area contributed by atoms with E-state index in [-0.39, 0.29) is 17.3 Å². The summed E-state index contributed by atoms with van der Waals surface area (Å²) in [5.41, 5.74) is 2.66. The van der Waals surface area contributed by atoms with Gasteiger partial charge in [-0.2, -0.15) is 5.26 Å². The molecule has 2 aromatic carbocycles. The number of carbonyl (C=O) groups excluding carboxylic acids is 1. The number of nitriles is 1. The van der Waals surface area contributed by atoms with Gasteiger partial charge in [-0.25, -0.2) is 8.42 Å². The second-order valence-electron chi connectivity index (χ2n) is 4.76. The van der Waals surface area contributed by atoms with Crippen LogP contribution in [-0.4, -0.2) is 21.1 Å². The minimum atomic E-state index is -3.95. The third-order valence-electron chi connectivity index (χ3n) is 3.23. The van der Waals surface area contributed by atoms with Gasteiger partial charge in [0.05, 0.1) is 16.5 Å². The van der Waals surface area contributed by atoms with Crippen LogP contribution >= 0.6 is 0 Å². The maximum absolute atomic E-state index is 12.1. The van der Waals surface area contributed by atoms with Crippen molar-refractivity contribution in [2.24, 2.45) is 0 Å². The zero-order valence-electron chi connectivity index (χ0n) is 12.1. The first-order chi connectivity index (χ1) is 11.5. The van der Waals surface area contributed by atoms with Crippen LogP contribution in [0.4, 0.5) is 0 Å². The number of rotatable bonds is 4. The molecule has 0 bridgehead atoms. The molecule has 3 rings (SSSR count). The summed E-state index contributed by atoms with van der Waals surface area (Å²) in [6.45, 7) is 0.0751. The predicted octanol–water partition coefficient (Wildman–Crippen LogP) is 0.910. The second kappa shape index (κ2) is 6.19. The lowest BCUT2D eigenvalue weighted by Gasteiger charge is -2.09. The third kappa shape index (κ3) is 3.15. The highest BCUT2D eigenvalue weighted by Gasteiger charge is 2.18. The van der Waals surface area contributed by atoms with Crippen LogP contribution in [0.15, 0.2) is 47.4 Å². The molecule has 1 aliphatic rings. The SMILES string of the molecule is N#Cc1ccc(S(=O)(=O)NNC(=O)c2ccc3c(c2)OCO3)cc1. The Balaban J connectivity index is 1.70. The standard InChI is InChI=1S/C15H11N3O5S/c16-8-10-1-4-12(5-2-10)24(20,21)18-17-15(19)11-3-6-13-14(7-11)23-9-22-13/h1-7,18H,9H2,(H,17,19). The molecule has 8 nitrogen and oxygen atoms in total. The maximum Gasteiger partial charge on any atom is 0.266 e. The number of hydrogen-bond acceptors (Lipinski definition) is 6. The van der Waals surface area contributed by atoms with Gasteiger partial charge in [-0.1, -0.05) is 0 Å². The number of nitrogens with one attached hydrogen (secondary N) is 2. The first-order valence-corrected chi connectivity index (χ1v) is 8.20. The Morgan fingerprint density at radius 1 is 1.08 bits per heavy atom. The summed E-state index contributed by atoms with van der Waals surface area (Å²) < 4.78 is 34.5. The van der Waals surface area contributed by atoms with Crippen molar-refractivity contribution in [1.29, 1.82) is 5.26 Å². The van der Waals surface area contributed by atoms with Crippen molar-refractivity contribution in [2.75, 3.05) is 6.79 Å². The van der Waals surface area contributed by atoms with E-state index in [4.69, 9.17) is 14.7 Å². The Labute approximate surface area is 137 Å². The summed E-state index contributed by atoms with van der Waals surface area (Å²) >= 11 is 0. The normalized spacial score (nSPS) is 12.5. The predicted molar refractivity (Wildman–Crippen MR) is 81.5 cm³/mol. The van der Waals surface area contributed by atoms with Crippen molar-refractivity contribution in [1.82, 2.24) is 10.3 Å². The van der Waals surface area contributed by atoms with Crippen LogP contribution in [0, 0.1) is 11.3 Å². The van der Waals surface area contributed by atoms with Gasteiger partial charge in [-0.05, 0) is 42.5 Å². The number of sulfonamides is 1. The van der Waals surface area contributed by atoms with E-state index >= 15 is 0 Å². The number of hydrazine groups is 1. The Morgan fingerprint density at radius 2 is 1.79 bits per heavy atom. The van der Waals surface area contributed by atoms with E-state index in [1.54, 1.807) is 6.07 Å². The van der Waals surface area contributed by atoms with Crippen LogP contribution in [-0.2, 0) is 10.0 Å². The summed E-state index contributed by atoms with van der Waals surface area (Å²) in [7, 11) is -3.95. The molecule has 0 radical (unpaired) electrons. The monoisotopic (exact) mass is 345 g/mol. The molecule has 9 heteroatoms. The highest BCUT2D eigenvalue weighted by molar-refractivity contribution is 7.89. The molecule has 1 heterocycles. The van der Waals surface area contributed by atoms with Gasteiger partial charge >= 0.3 is 0 Å². The first kappa shape index (κ1) is 15.8. The van der Waals surface area contributed by atoms with Gasteiger partial charge in [-0.3, -0.25) is 10.2 Å². The molecule has 0 unspecified atom stereocenters. The molecule has 0 saturated heterocycles. The molecule has 0 spiro atoms. The van der Waals surface area contributed by atoms with Crippen molar-refractivity contribution >= 4 is 15.9 Å². The number of nitrogens with zero attached hydrogens (tertiary/aromatic N) is 1. The molecule has 0 fully saturated rings. The summed E-state index contributed by atoms with van der Waals surface area (Å²) in [6, 6.07) is 11.7. The number of fused-ring (bicyclic) bond motifs is 1. The second-order valence-corrected chi connectivity index (χ2v) is 6.45. The Kier molecular flexibility index (Phi) is 4.07. The van der Waals surface area contributed by atoms with Gasteiger partial charge in [0.25, 0.3) is 15.9 Å². The van der Waals surface area contributed by atoms with Gasteiger partial charge < -0.3 is 9.47 Å². The topological polar surface area (TPSA) is 118 Å².